The van der Waals surface area contributed by atoms with Crippen LogP contribution in [0.4, 0.5) is 0 Å². The molecule has 26 heavy (non-hydrogen) atoms. The first kappa shape index (κ1) is 19.1. The van der Waals surface area contributed by atoms with Gasteiger partial charge in [0.2, 0.25) is 0 Å². The van der Waals surface area contributed by atoms with E-state index in [9.17, 15) is 19.8 Å². The molecule has 138 valence electrons. The predicted molar refractivity (Wildman–Crippen MR) is 92.4 cm³/mol. The van der Waals surface area contributed by atoms with Crippen molar-refractivity contribution in [2.75, 3.05) is 6.61 Å². The molecule has 0 amide bonds. The van der Waals surface area contributed by atoms with Gasteiger partial charge in [0.05, 0.1) is 5.41 Å². The lowest BCUT2D eigenvalue weighted by atomic mass is 9.97. The number of aromatic hydroxyl groups is 2. The summed E-state index contributed by atoms with van der Waals surface area (Å²) in [4.78, 5) is 23.6. The van der Waals surface area contributed by atoms with Crippen LogP contribution >= 0.6 is 0 Å². The zero-order chi connectivity index (χ0) is 19.3. The molecule has 0 aromatic heterocycles. The molecule has 2 N–H and O–H groups in total. The summed E-state index contributed by atoms with van der Waals surface area (Å²) in [6, 6.07) is 9.86. The molecule has 7 heteroatoms. The van der Waals surface area contributed by atoms with Gasteiger partial charge in [-0.25, -0.2) is 4.79 Å². The Kier molecular flexibility index (Phi) is 5.71. The van der Waals surface area contributed by atoms with Gasteiger partial charge < -0.3 is 24.4 Å². The normalized spacial score (nSPS) is 10.9. The molecule has 0 unspecified atom stereocenters. The van der Waals surface area contributed by atoms with Crippen LogP contribution in [0.2, 0.25) is 0 Å². The molecule has 2 aromatic rings. The minimum absolute atomic E-state index is 0.210. The lowest BCUT2D eigenvalue weighted by molar-refractivity contribution is -0.143. The Morgan fingerprint density at radius 2 is 1.38 bits per heavy atom. The summed E-state index contributed by atoms with van der Waals surface area (Å²) in [5.41, 5.74) is -0.620. The van der Waals surface area contributed by atoms with Crippen molar-refractivity contribution in [3.63, 3.8) is 0 Å². The zero-order valence-electron chi connectivity index (χ0n) is 14.7. The number of ether oxygens (including phenoxy) is 3. The molecule has 0 heterocycles. The van der Waals surface area contributed by atoms with Crippen molar-refractivity contribution in [1.82, 2.24) is 0 Å². The Balaban J connectivity index is 1.87. The van der Waals surface area contributed by atoms with E-state index in [4.69, 9.17) is 14.2 Å². The number of hydrogen-bond acceptors (Lipinski definition) is 7. The standard InChI is InChI=1S/C19H20O7/c1-19(2,3)18(23)26-13-6-4-12(5-7-13)25-17(22)11-24-14-8-9-15(20)16(21)10-14/h4-10,20-21H,11H2,1-3H3. The Hall–Kier alpha value is -3.22. The monoisotopic (exact) mass is 360 g/mol. The van der Waals surface area contributed by atoms with Crippen LogP contribution in [0.1, 0.15) is 20.8 Å². The van der Waals surface area contributed by atoms with Crippen LogP contribution in [0.25, 0.3) is 0 Å². The van der Waals surface area contributed by atoms with Gasteiger partial charge in [0.1, 0.15) is 17.2 Å². The van der Waals surface area contributed by atoms with Gasteiger partial charge in [-0.3, -0.25) is 4.79 Å². The van der Waals surface area contributed by atoms with E-state index in [1.54, 1.807) is 20.8 Å². The number of carbonyl (C=O) groups excluding carboxylic acids is 2. The Morgan fingerprint density at radius 3 is 1.92 bits per heavy atom. The maximum absolute atomic E-state index is 11.8. The molecule has 0 aliphatic heterocycles. The van der Waals surface area contributed by atoms with Crippen molar-refractivity contribution in [3.8, 4) is 28.7 Å². The molecular formula is C19H20O7. The summed E-state index contributed by atoms with van der Waals surface area (Å²) in [7, 11) is 0. The number of carbonyl (C=O) groups is 2. The molecule has 0 atom stereocenters. The summed E-state index contributed by atoms with van der Waals surface area (Å²) in [5, 5.41) is 18.6. The smallest absolute Gasteiger partial charge is 0.349 e. The second kappa shape index (κ2) is 7.77. The topological polar surface area (TPSA) is 102 Å². The van der Waals surface area contributed by atoms with Crippen molar-refractivity contribution >= 4 is 11.9 Å². The van der Waals surface area contributed by atoms with Gasteiger partial charge in [0, 0.05) is 6.07 Å². The van der Waals surface area contributed by atoms with E-state index in [0.717, 1.165) is 0 Å². The Bertz CT molecular complexity index is 789. The molecular weight excluding hydrogens is 340 g/mol. The van der Waals surface area contributed by atoms with Gasteiger partial charge in [0.25, 0.3) is 0 Å². The van der Waals surface area contributed by atoms with Gasteiger partial charge in [-0.05, 0) is 57.2 Å². The SMILES string of the molecule is CC(C)(C)C(=O)Oc1ccc(OC(=O)COc2ccc(O)c(O)c2)cc1. The fourth-order valence-electron chi connectivity index (χ4n) is 1.73. The number of esters is 2. The highest BCUT2D eigenvalue weighted by Gasteiger charge is 2.23. The molecule has 0 bridgehead atoms. The third-order valence-corrected chi connectivity index (χ3v) is 3.18. The first-order valence-corrected chi connectivity index (χ1v) is 7.83. The molecule has 0 radical (unpaired) electrons. The zero-order valence-corrected chi connectivity index (χ0v) is 14.7. The first-order chi connectivity index (χ1) is 12.1. The third kappa shape index (κ3) is 5.41. The van der Waals surface area contributed by atoms with Crippen LogP contribution < -0.4 is 14.2 Å². The van der Waals surface area contributed by atoms with Crippen LogP contribution in [0, 0.1) is 5.41 Å². The first-order valence-electron chi connectivity index (χ1n) is 7.83. The van der Waals surface area contributed by atoms with E-state index in [0.29, 0.717) is 5.75 Å². The average Bonchev–Trinajstić information content (AvgIpc) is 2.57. The highest BCUT2D eigenvalue weighted by atomic mass is 16.6. The summed E-state index contributed by atoms with van der Waals surface area (Å²) >= 11 is 0. The number of phenols is 2. The van der Waals surface area contributed by atoms with Crippen LogP contribution in [0.15, 0.2) is 42.5 Å². The van der Waals surface area contributed by atoms with Gasteiger partial charge in [-0.1, -0.05) is 0 Å². The van der Waals surface area contributed by atoms with Crippen molar-refractivity contribution in [2.45, 2.75) is 20.8 Å². The molecule has 0 spiro atoms. The molecule has 0 fully saturated rings. The quantitative estimate of drug-likeness (QED) is 0.480. The van der Waals surface area contributed by atoms with Crippen LogP contribution in [0.5, 0.6) is 28.7 Å². The molecule has 0 saturated carbocycles. The van der Waals surface area contributed by atoms with Crippen molar-refractivity contribution in [2.24, 2.45) is 5.41 Å². The highest BCUT2D eigenvalue weighted by molar-refractivity contribution is 5.78. The number of hydrogen-bond donors (Lipinski definition) is 2. The fraction of sp³-hybridized carbons (Fsp3) is 0.263. The lowest BCUT2D eigenvalue weighted by Crippen LogP contribution is -2.25. The summed E-state index contributed by atoms with van der Waals surface area (Å²) < 4.78 is 15.5. The van der Waals surface area contributed by atoms with Crippen molar-refractivity contribution < 1.29 is 34.0 Å². The third-order valence-electron chi connectivity index (χ3n) is 3.18. The van der Waals surface area contributed by atoms with Crippen LogP contribution in [-0.4, -0.2) is 28.8 Å². The van der Waals surface area contributed by atoms with Gasteiger partial charge in [-0.2, -0.15) is 0 Å². The van der Waals surface area contributed by atoms with Crippen LogP contribution in [-0.2, 0) is 9.59 Å². The maximum Gasteiger partial charge on any atom is 0.349 e. The maximum atomic E-state index is 11.8. The minimum atomic E-state index is -0.656. The largest absolute Gasteiger partial charge is 0.504 e. The number of benzene rings is 2. The average molecular weight is 360 g/mol. The summed E-state index contributed by atoms with van der Waals surface area (Å²) in [5.74, 6) is -0.835. The molecule has 0 saturated heterocycles. The van der Waals surface area contributed by atoms with E-state index >= 15 is 0 Å². The second-order valence-corrected chi connectivity index (χ2v) is 6.52. The number of phenolic OH excluding ortho intramolecular Hbond substituents is 2. The molecule has 2 rings (SSSR count). The van der Waals surface area contributed by atoms with E-state index in [2.05, 4.69) is 0 Å². The highest BCUT2D eigenvalue weighted by Crippen LogP contribution is 2.28. The summed E-state index contributed by atoms with van der Waals surface area (Å²) in [6.07, 6.45) is 0. The molecule has 7 nitrogen and oxygen atoms in total. The van der Waals surface area contributed by atoms with E-state index in [-0.39, 0.29) is 35.6 Å². The molecule has 0 aliphatic rings. The van der Waals surface area contributed by atoms with Gasteiger partial charge >= 0.3 is 11.9 Å². The van der Waals surface area contributed by atoms with Gasteiger partial charge in [-0.15, -0.1) is 0 Å². The minimum Gasteiger partial charge on any atom is -0.504 e. The van der Waals surface area contributed by atoms with Crippen molar-refractivity contribution in [3.05, 3.63) is 42.5 Å². The second-order valence-electron chi connectivity index (χ2n) is 6.52. The lowest BCUT2D eigenvalue weighted by Gasteiger charge is -2.16. The Labute approximate surface area is 150 Å². The van der Waals surface area contributed by atoms with Crippen LogP contribution in [0.3, 0.4) is 0 Å². The van der Waals surface area contributed by atoms with Crippen molar-refractivity contribution in [1.29, 1.82) is 0 Å². The predicted octanol–water partition coefficient (Wildman–Crippen LogP) is 3.03. The van der Waals surface area contributed by atoms with E-state index in [1.165, 1.54) is 42.5 Å². The van der Waals surface area contributed by atoms with E-state index < -0.39 is 11.4 Å². The molecule has 2 aromatic carbocycles. The van der Waals surface area contributed by atoms with E-state index in [1.807, 2.05) is 0 Å². The van der Waals surface area contributed by atoms with Gasteiger partial charge in [0.15, 0.2) is 18.1 Å². The Morgan fingerprint density at radius 1 is 0.846 bits per heavy atom. The number of rotatable bonds is 5. The fourth-order valence-corrected chi connectivity index (χ4v) is 1.73. The summed E-state index contributed by atoms with van der Waals surface area (Å²) in [6.45, 7) is 4.86. The molecule has 0 aliphatic carbocycles.